The van der Waals surface area contributed by atoms with Crippen molar-refractivity contribution in [2.24, 2.45) is 0 Å². The van der Waals surface area contributed by atoms with Gasteiger partial charge in [0.2, 0.25) is 0 Å². The van der Waals surface area contributed by atoms with Crippen LogP contribution in [0, 0.1) is 18.3 Å². The van der Waals surface area contributed by atoms with Gasteiger partial charge in [0.05, 0.1) is 18.2 Å². The molecule has 0 aliphatic carbocycles. The topological polar surface area (TPSA) is 121 Å². The highest BCUT2D eigenvalue weighted by atomic mass is 19.3. The van der Waals surface area contributed by atoms with E-state index in [9.17, 15) is 13.6 Å². The third-order valence-corrected chi connectivity index (χ3v) is 6.47. The predicted molar refractivity (Wildman–Crippen MR) is 162 cm³/mol. The van der Waals surface area contributed by atoms with E-state index in [0.29, 0.717) is 42.1 Å². The summed E-state index contributed by atoms with van der Waals surface area (Å²) in [5.41, 5.74) is 16.8. The largest absolute Gasteiger partial charge is 0.494 e. The van der Waals surface area contributed by atoms with Crippen LogP contribution in [0.15, 0.2) is 91.0 Å². The number of nitriles is 1. The molecule has 43 heavy (non-hydrogen) atoms. The molecule has 0 amide bonds. The molecule has 0 aliphatic heterocycles. The second kappa shape index (κ2) is 14.0. The lowest BCUT2D eigenvalue weighted by Gasteiger charge is -2.18. The molecule has 4 aromatic rings. The number of esters is 1. The zero-order valence-electron chi connectivity index (χ0n) is 23.6. The van der Waals surface area contributed by atoms with Crippen molar-refractivity contribution >= 4 is 23.4 Å². The number of hydrogen-bond acceptors (Lipinski definition) is 7. The number of nitrogens with two attached hydrogens (primary N) is 2. The molecule has 0 bridgehead atoms. The van der Waals surface area contributed by atoms with E-state index >= 15 is 0 Å². The summed E-state index contributed by atoms with van der Waals surface area (Å²) in [6, 6.07) is 24.2. The van der Waals surface area contributed by atoms with Crippen LogP contribution in [0.2, 0.25) is 0 Å². The van der Waals surface area contributed by atoms with Crippen molar-refractivity contribution in [3.05, 3.63) is 113 Å². The minimum absolute atomic E-state index is 0.00976. The number of rotatable bonds is 12. The minimum Gasteiger partial charge on any atom is -0.494 e. The Hall–Kier alpha value is -5.36. The van der Waals surface area contributed by atoms with Gasteiger partial charge in [0, 0.05) is 23.9 Å². The van der Waals surface area contributed by atoms with Crippen LogP contribution in [0.5, 0.6) is 11.5 Å². The monoisotopic (exact) mass is 583 g/mol. The van der Waals surface area contributed by atoms with Crippen molar-refractivity contribution in [2.75, 3.05) is 18.1 Å². The van der Waals surface area contributed by atoms with E-state index in [2.05, 4.69) is 0 Å². The summed E-state index contributed by atoms with van der Waals surface area (Å²) in [4.78, 5) is 12.5. The molecule has 0 spiro atoms. The molecule has 4 aromatic carbocycles. The minimum atomic E-state index is -3.59. The van der Waals surface area contributed by atoms with Gasteiger partial charge in [0.1, 0.15) is 18.1 Å². The number of alkyl halides is 2. The quantitative estimate of drug-likeness (QED) is 0.0772. The van der Waals surface area contributed by atoms with Crippen LogP contribution in [0.25, 0.3) is 17.2 Å². The molecule has 0 aliphatic rings. The molecular formula is C34H31F2N3O4. The zero-order chi connectivity index (χ0) is 30.8. The first-order chi connectivity index (χ1) is 20.6. The average Bonchev–Trinajstić information content (AvgIpc) is 2.98. The standard InChI is InChI=1S/C34H31F2N3O4/c1-23-20-27(38)9-15-31(23)32-16-10-28(39)21-25(32)22-42-33(40)17-6-24-4-7-26(8-5-24)34(35,36)43-30-13-11-29(12-14-30)41-19-3-2-18-37/h4-17,20-21H,2-3,19,22,38-39H2,1H3/b17-6+. The highest BCUT2D eigenvalue weighted by Crippen LogP contribution is 2.33. The fraction of sp³-hybridized carbons (Fsp3) is 0.176. The van der Waals surface area contributed by atoms with Crippen LogP contribution < -0.4 is 20.9 Å². The molecule has 0 aromatic heterocycles. The van der Waals surface area contributed by atoms with Crippen molar-refractivity contribution in [2.45, 2.75) is 32.5 Å². The Kier molecular flexibility index (Phi) is 9.97. The van der Waals surface area contributed by atoms with E-state index in [0.717, 1.165) is 22.3 Å². The Balaban J connectivity index is 1.34. The van der Waals surface area contributed by atoms with Gasteiger partial charge in [-0.15, -0.1) is 0 Å². The number of nitrogens with zero attached hydrogens (tertiary/aromatic N) is 1. The van der Waals surface area contributed by atoms with Gasteiger partial charge in [0.25, 0.3) is 0 Å². The van der Waals surface area contributed by atoms with Crippen LogP contribution in [0.1, 0.15) is 35.1 Å². The maximum absolute atomic E-state index is 14.8. The van der Waals surface area contributed by atoms with Crippen molar-refractivity contribution < 1.29 is 27.8 Å². The number of carbonyl (C=O) groups excluding carboxylic acids is 1. The number of aryl methyl sites for hydroxylation is 1. The van der Waals surface area contributed by atoms with Crippen molar-refractivity contribution in [3.63, 3.8) is 0 Å². The molecule has 220 valence electrons. The van der Waals surface area contributed by atoms with E-state index < -0.39 is 12.1 Å². The predicted octanol–water partition coefficient (Wildman–Crippen LogP) is 7.39. The lowest BCUT2D eigenvalue weighted by Crippen LogP contribution is -2.21. The molecule has 4 N–H and O–H groups in total. The van der Waals surface area contributed by atoms with Gasteiger partial charge in [-0.3, -0.25) is 0 Å². The Bertz CT molecular complexity index is 1630. The van der Waals surface area contributed by atoms with E-state index in [4.69, 9.17) is 30.9 Å². The fourth-order valence-corrected chi connectivity index (χ4v) is 4.29. The summed E-state index contributed by atoms with van der Waals surface area (Å²) in [7, 11) is 0. The molecule has 0 atom stereocenters. The highest BCUT2D eigenvalue weighted by molar-refractivity contribution is 5.87. The number of ether oxygens (including phenoxy) is 3. The second-order valence-corrected chi connectivity index (χ2v) is 9.75. The molecule has 9 heteroatoms. The fourth-order valence-electron chi connectivity index (χ4n) is 4.29. The highest BCUT2D eigenvalue weighted by Gasteiger charge is 2.34. The number of carbonyl (C=O) groups is 1. The lowest BCUT2D eigenvalue weighted by atomic mass is 9.95. The third-order valence-electron chi connectivity index (χ3n) is 6.47. The Morgan fingerprint density at radius 2 is 1.56 bits per heavy atom. The third kappa shape index (κ3) is 8.57. The van der Waals surface area contributed by atoms with Crippen LogP contribution >= 0.6 is 0 Å². The average molecular weight is 584 g/mol. The van der Waals surface area contributed by atoms with E-state index in [1.807, 2.05) is 31.2 Å². The number of nitrogen functional groups attached to an aromatic ring is 2. The Morgan fingerprint density at radius 1 is 0.907 bits per heavy atom. The lowest BCUT2D eigenvalue weighted by molar-refractivity contribution is -0.185. The molecule has 0 saturated heterocycles. The second-order valence-electron chi connectivity index (χ2n) is 9.75. The molecule has 7 nitrogen and oxygen atoms in total. The normalized spacial score (nSPS) is 11.2. The number of hydrogen-bond donors (Lipinski definition) is 2. The molecule has 4 rings (SSSR count). The summed E-state index contributed by atoms with van der Waals surface area (Å²) in [6.45, 7) is 2.29. The summed E-state index contributed by atoms with van der Waals surface area (Å²) < 4.78 is 45.4. The Labute approximate surface area is 248 Å². The van der Waals surface area contributed by atoms with Gasteiger partial charge in [-0.05, 0) is 108 Å². The van der Waals surface area contributed by atoms with Crippen molar-refractivity contribution in [1.29, 1.82) is 5.26 Å². The van der Waals surface area contributed by atoms with Crippen LogP contribution in [-0.4, -0.2) is 12.6 Å². The summed E-state index contributed by atoms with van der Waals surface area (Å²) in [5.74, 6) is -0.137. The van der Waals surface area contributed by atoms with Crippen molar-refractivity contribution in [3.8, 4) is 28.7 Å². The smallest absolute Gasteiger partial charge is 0.426 e. The first-order valence-electron chi connectivity index (χ1n) is 13.5. The van der Waals surface area contributed by atoms with Crippen LogP contribution in [0.4, 0.5) is 20.2 Å². The maximum atomic E-state index is 14.8. The summed E-state index contributed by atoms with van der Waals surface area (Å²) >= 11 is 0. The molecule has 0 unspecified atom stereocenters. The van der Waals surface area contributed by atoms with Crippen LogP contribution in [0.3, 0.4) is 0 Å². The summed E-state index contributed by atoms with van der Waals surface area (Å²) in [5, 5.41) is 8.56. The van der Waals surface area contributed by atoms with E-state index in [1.54, 1.807) is 18.2 Å². The Morgan fingerprint density at radius 3 is 2.23 bits per heavy atom. The van der Waals surface area contributed by atoms with Crippen molar-refractivity contribution in [1.82, 2.24) is 0 Å². The first-order valence-corrected chi connectivity index (χ1v) is 13.5. The number of benzene rings is 4. The number of unbranched alkanes of at least 4 members (excludes halogenated alkanes) is 1. The zero-order valence-corrected chi connectivity index (χ0v) is 23.6. The molecule has 0 radical (unpaired) electrons. The van der Waals surface area contributed by atoms with Crippen LogP contribution in [-0.2, 0) is 22.2 Å². The van der Waals surface area contributed by atoms with Gasteiger partial charge in [-0.25, -0.2) is 4.79 Å². The van der Waals surface area contributed by atoms with Gasteiger partial charge < -0.3 is 25.7 Å². The van der Waals surface area contributed by atoms with Gasteiger partial charge in [-0.1, -0.05) is 24.3 Å². The van der Waals surface area contributed by atoms with E-state index in [1.165, 1.54) is 60.7 Å². The number of anilines is 2. The van der Waals surface area contributed by atoms with Gasteiger partial charge >= 0.3 is 12.1 Å². The number of halogens is 2. The van der Waals surface area contributed by atoms with Gasteiger partial charge in [-0.2, -0.15) is 14.0 Å². The maximum Gasteiger partial charge on any atom is 0.426 e. The van der Waals surface area contributed by atoms with E-state index in [-0.39, 0.29) is 17.9 Å². The first kappa shape index (κ1) is 30.6. The molecule has 0 fully saturated rings. The van der Waals surface area contributed by atoms with Gasteiger partial charge in [0.15, 0.2) is 0 Å². The summed E-state index contributed by atoms with van der Waals surface area (Å²) in [6.07, 6.45) is 0.0738. The molecule has 0 heterocycles. The SMILES string of the molecule is Cc1cc(N)ccc1-c1ccc(N)cc1COC(=O)/C=C/c1ccc(C(F)(F)Oc2ccc(OCCCC#N)cc2)cc1. The molecule has 0 saturated carbocycles. The molecular weight excluding hydrogens is 552 g/mol.